The molecule has 1 aromatic rings. The number of carbonyl (C=O) groups is 1. The Balaban J connectivity index is 2.13. The standard InChI is InChI=1S/C15H12Cl2F4O2/c1-15(2)10(7(17)4-16)11(15)14(22)23-5-6-12(20)8(18)3-9(19)13(6)21/h3-4,10-11H,5H2,1-2H3/b7-4-. The normalized spacial score (nSPS) is 22.9. The molecular formula is C15H12Cl2F4O2. The van der Waals surface area contributed by atoms with Crippen molar-refractivity contribution in [3.63, 3.8) is 0 Å². The molecule has 2 rings (SSSR count). The fourth-order valence-electron chi connectivity index (χ4n) is 2.64. The zero-order valence-electron chi connectivity index (χ0n) is 12.1. The first-order chi connectivity index (χ1) is 10.6. The number of rotatable bonds is 4. The second kappa shape index (κ2) is 6.32. The SMILES string of the molecule is CC1(C)C(C(=O)OCc2c(F)c(F)cc(F)c2F)C1/C(Cl)=C/Cl. The van der Waals surface area contributed by atoms with Crippen molar-refractivity contribution in [2.24, 2.45) is 17.3 Å². The third-order valence-corrected chi connectivity index (χ3v) is 4.74. The van der Waals surface area contributed by atoms with Crippen molar-refractivity contribution in [3.05, 3.63) is 45.5 Å². The molecule has 0 aliphatic heterocycles. The number of halogens is 6. The van der Waals surface area contributed by atoms with Gasteiger partial charge < -0.3 is 4.74 Å². The number of ether oxygens (including phenoxy) is 1. The topological polar surface area (TPSA) is 26.3 Å². The van der Waals surface area contributed by atoms with Gasteiger partial charge in [0.2, 0.25) is 0 Å². The first kappa shape index (κ1) is 18.1. The first-order valence-electron chi connectivity index (χ1n) is 6.57. The minimum Gasteiger partial charge on any atom is -0.460 e. The fraction of sp³-hybridized carbons (Fsp3) is 0.400. The molecule has 0 N–H and O–H groups in total. The number of benzene rings is 1. The largest absolute Gasteiger partial charge is 0.460 e. The van der Waals surface area contributed by atoms with Gasteiger partial charge in [-0.25, -0.2) is 17.6 Å². The zero-order valence-corrected chi connectivity index (χ0v) is 13.6. The highest BCUT2D eigenvalue weighted by atomic mass is 35.5. The monoisotopic (exact) mass is 370 g/mol. The van der Waals surface area contributed by atoms with E-state index in [9.17, 15) is 22.4 Å². The Labute approximate surface area is 140 Å². The van der Waals surface area contributed by atoms with Crippen molar-refractivity contribution >= 4 is 29.2 Å². The van der Waals surface area contributed by atoms with Gasteiger partial charge in [-0.15, -0.1) is 0 Å². The second-order valence-corrected chi connectivity index (χ2v) is 6.48. The van der Waals surface area contributed by atoms with E-state index >= 15 is 0 Å². The minimum absolute atomic E-state index is 0.0844. The lowest BCUT2D eigenvalue weighted by Gasteiger charge is -2.09. The molecule has 1 fully saturated rings. The van der Waals surface area contributed by atoms with Gasteiger partial charge >= 0.3 is 5.97 Å². The summed E-state index contributed by atoms with van der Waals surface area (Å²) in [6.07, 6.45) is 0. The van der Waals surface area contributed by atoms with Crippen LogP contribution in [0.5, 0.6) is 0 Å². The van der Waals surface area contributed by atoms with Crippen LogP contribution < -0.4 is 0 Å². The molecule has 1 aliphatic carbocycles. The highest BCUT2D eigenvalue weighted by Gasteiger charge is 2.64. The summed E-state index contributed by atoms with van der Waals surface area (Å²) in [7, 11) is 0. The maximum Gasteiger partial charge on any atom is 0.310 e. The lowest BCUT2D eigenvalue weighted by atomic mass is 10.1. The third-order valence-electron chi connectivity index (χ3n) is 4.04. The van der Waals surface area contributed by atoms with E-state index in [4.69, 9.17) is 27.9 Å². The maximum absolute atomic E-state index is 13.5. The lowest BCUT2D eigenvalue weighted by Crippen LogP contribution is -2.13. The van der Waals surface area contributed by atoms with Crippen LogP contribution in [0.3, 0.4) is 0 Å². The van der Waals surface area contributed by atoms with E-state index in [1.54, 1.807) is 13.8 Å². The first-order valence-corrected chi connectivity index (χ1v) is 7.38. The van der Waals surface area contributed by atoms with Gasteiger partial charge in [-0.3, -0.25) is 4.79 Å². The van der Waals surface area contributed by atoms with Gasteiger partial charge in [0.1, 0.15) is 6.61 Å². The molecule has 0 saturated heterocycles. The van der Waals surface area contributed by atoms with Crippen LogP contribution in [-0.4, -0.2) is 5.97 Å². The third kappa shape index (κ3) is 3.19. The molecule has 1 aromatic carbocycles. The van der Waals surface area contributed by atoms with E-state index in [0.717, 1.165) is 5.54 Å². The summed E-state index contributed by atoms with van der Waals surface area (Å²) in [6, 6.07) is 0.0844. The Hall–Kier alpha value is -1.27. The Morgan fingerprint density at radius 3 is 2.22 bits per heavy atom. The molecule has 2 nitrogen and oxygen atoms in total. The Morgan fingerprint density at radius 1 is 1.22 bits per heavy atom. The number of allylic oxidation sites excluding steroid dienone is 1. The van der Waals surface area contributed by atoms with Gasteiger partial charge in [0.15, 0.2) is 23.3 Å². The molecule has 0 aromatic heterocycles. The van der Waals surface area contributed by atoms with Gasteiger partial charge in [0.25, 0.3) is 0 Å². The molecule has 0 heterocycles. The van der Waals surface area contributed by atoms with Crippen molar-refractivity contribution in [1.29, 1.82) is 0 Å². The van der Waals surface area contributed by atoms with Crippen molar-refractivity contribution < 1.29 is 27.1 Å². The molecule has 2 atom stereocenters. The summed E-state index contributed by atoms with van der Waals surface area (Å²) < 4.78 is 58.0. The predicted octanol–water partition coefficient (Wildman–Crippen LogP) is 4.88. The molecule has 0 bridgehead atoms. The van der Waals surface area contributed by atoms with Crippen molar-refractivity contribution in [2.75, 3.05) is 0 Å². The molecular weight excluding hydrogens is 359 g/mol. The van der Waals surface area contributed by atoms with Gasteiger partial charge in [-0.05, 0) is 5.41 Å². The summed E-state index contributed by atoms with van der Waals surface area (Å²) in [5.74, 6) is -8.13. The summed E-state index contributed by atoms with van der Waals surface area (Å²) in [5, 5.41) is 0.257. The summed E-state index contributed by atoms with van der Waals surface area (Å²) in [4.78, 5) is 12.0. The van der Waals surface area contributed by atoms with Crippen molar-refractivity contribution in [1.82, 2.24) is 0 Å². The molecule has 0 amide bonds. The van der Waals surface area contributed by atoms with E-state index in [-0.39, 0.29) is 17.0 Å². The molecule has 8 heteroatoms. The molecule has 0 radical (unpaired) electrons. The van der Waals surface area contributed by atoms with E-state index < -0.39 is 52.7 Å². The highest BCUT2D eigenvalue weighted by Crippen LogP contribution is 2.63. The molecule has 0 spiro atoms. The van der Waals surface area contributed by atoms with Gasteiger partial charge in [-0.2, -0.15) is 0 Å². The maximum atomic E-state index is 13.5. The molecule has 2 unspecified atom stereocenters. The Kier molecular flexibility index (Phi) is 4.97. The fourth-order valence-corrected chi connectivity index (χ4v) is 3.19. The summed E-state index contributed by atoms with van der Waals surface area (Å²) >= 11 is 11.4. The van der Waals surface area contributed by atoms with Crippen molar-refractivity contribution in [2.45, 2.75) is 20.5 Å². The quantitative estimate of drug-likeness (QED) is 0.429. The average Bonchev–Trinajstić information content (AvgIpc) is 3.06. The van der Waals surface area contributed by atoms with Gasteiger partial charge in [0, 0.05) is 22.6 Å². The molecule has 23 heavy (non-hydrogen) atoms. The Bertz CT molecular complexity index is 662. The van der Waals surface area contributed by atoms with Crippen LogP contribution in [0.4, 0.5) is 17.6 Å². The van der Waals surface area contributed by atoms with E-state index in [2.05, 4.69) is 0 Å². The van der Waals surface area contributed by atoms with Gasteiger partial charge in [-0.1, -0.05) is 37.0 Å². The summed E-state index contributed by atoms with van der Waals surface area (Å²) in [5.41, 5.74) is -0.392. The Morgan fingerprint density at radius 2 is 1.74 bits per heavy atom. The van der Waals surface area contributed by atoms with Crippen LogP contribution in [0, 0.1) is 40.5 Å². The zero-order chi connectivity index (χ0) is 17.5. The number of esters is 1. The molecule has 126 valence electrons. The second-order valence-electron chi connectivity index (χ2n) is 5.83. The van der Waals surface area contributed by atoms with Crippen LogP contribution in [0.1, 0.15) is 19.4 Å². The minimum atomic E-state index is -1.60. The van der Waals surface area contributed by atoms with Crippen molar-refractivity contribution in [3.8, 4) is 0 Å². The van der Waals surface area contributed by atoms with E-state index in [0.29, 0.717) is 0 Å². The lowest BCUT2D eigenvalue weighted by molar-refractivity contribution is -0.147. The predicted molar refractivity (Wildman–Crippen MR) is 76.6 cm³/mol. The van der Waals surface area contributed by atoms with Crippen LogP contribution >= 0.6 is 23.2 Å². The van der Waals surface area contributed by atoms with Crippen LogP contribution in [0.25, 0.3) is 0 Å². The van der Waals surface area contributed by atoms with Crippen LogP contribution in [0.15, 0.2) is 16.6 Å². The molecule has 1 aliphatic rings. The van der Waals surface area contributed by atoms with E-state index in [1.807, 2.05) is 0 Å². The average molecular weight is 371 g/mol. The summed E-state index contributed by atoms with van der Waals surface area (Å²) in [6.45, 7) is 2.57. The smallest absolute Gasteiger partial charge is 0.310 e. The number of carbonyl (C=O) groups excluding carboxylic acids is 1. The number of hydrogen-bond donors (Lipinski definition) is 0. The molecule has 1 saturated carbocycles. The highest BCUT2D eigenvalue weighted by molar-refractivity contribution is 6.37. The van der Waals surface area contributed by atoms with Crippen LogP contribution in [0.2, 0.25) is 0 Å². The van der Waals surface area contributed by atoms with Crippen LogP contribution in [-0.2, 0) is 16.1 Å². The number of hydrogen-bond acceptors (Lipinski definition) is 2. The van der Waals surface area contributed by atoms with E-state index in [1.165, 1.54) is 0 Å². The van der Waals surface area contributed by atoms with Gasteiger partial charge in [0.05, 0.1) is 11.5 Å².